The van der Waals surface area contributed by atoms with Gasteiger partial charge in [-0.1, -0.05) is 26.0 Å². The summed E-state index contributed by atoms with van der Waals surface area (Å²) in [5.74, 6) is 0.636. The van der Waals surface area contributed by atoms with E-state index in [1.807, 2.05) is 31.2 Å². The minimum atomic E-state index is -0.764. The van der Waals surface area contributed by atoms with Gasteiger partial charge in [-0.15, -0.1) is 0 Å². The normalized spacial score (nSPS) is 11.8. The van der Waals surface area contributed by atoms with E-state index in [2.05, 4.69) is 6.92 Å². The first kappa shape index (κ1) is 20.5. The van der Waals surface area contributed by atoms with E-state index in [4.69, 9.17) is 18.6 Å². The summed E-state index contributed by atoms with van der Waals surface area (Å²) in [6.45, 7) is 5.95. The van der Waals surface area contributed by atoms with E-state index < -0.39 is 12.1 Å². The van der Waals surface area contributed by atoms with E-state index in [0.29, 0.717) is 29.1 Å². The minimum Gasteiger partial charge on any atom is -0.479 e. The van der Waals surface area contributed by atoms with Crippen molar-refractivity contribution in [3.8, 4) is 17.2 Å². The molecule has 0 fully saturated rings. The molecule has 1 atom stereocenters. The molecule has 0 aliphatic rings. The monoisotopic (exact) mass is 396 g/mol. The third-order valence-corrected chi connectivity index (χ3v) is 4.37. The summed E-state index contributed by atoms with van der Waals surface area (Å²) >= 11 is 0. The smallest absolute Gasteiger partial charge is 0.347 e. The molecule has 6 heteroatoms. The summed E-state index contributed by atoms with van der Waals surface area (Å²) in [4.78, 5) is 24.6. The maximum atomic E-state index is 12.7. The zero-order valence-electron chi connectivity index (χ0n) is 16.8. The lowest BCUT2D eigenvalue weighted by molar-refractivity contribution is -0.151. The Morgan fingerprint density at radius 3 is 2.48 bits per heavy atom. The van der Waals surface area contributed by atoms with Crippen LogP contribution in [0.5, 0.6) is 17.2 Å². The van der Waals surface area contributed by atoms with Crippen LogP contribution in [0.4, 0.5) is 0 Å². The van der Waals surface area contributed by atoms with Crippen molar-refractivity contribution < 1.29 is 23.4 Å². The molecule has 0 saturated carbocycles. The summed E-state index contributed by atoms with van der Waals surface area (Å²) in [6, 6.07) is 12.3. The van der Waals surface area contributed by atoms with Crippen molar-refractivity contribution in [1.29, 1.82) is 0 Å². The number of esters is 1. The van der Waals surface area contributed by atoms with Crippen LogP contribution in [0.25, 0.3) is 11.0 Å². The molecule has 2 aromatic carbocycles. The van der Waals surface area contributed by atoms with Crippen LogP contribution in [0.15, 0.2) is 57.9 Å². The van der Waals surface area contributed by atoms with Gasteiger partial charge in [0.2, 0.25) is 11.2 Å². The molecule has 29 heavy (non-hydrogen) atoms. The average Bonchev–Trinajstić information content (AvgIpc) is 2.74. The van der Waals surface area contributed by atoms with Crippen molar-refractivity contribution in [3.63, 3.8) is 0 Å². The maximum Gasteiger partial charge on any atom is 0.347 e. The predicted molar refractivity (Wildman–Crippen MR) is 110 cm³/mol. The molecule has 0 amide bonds. The van der Waals surface area contributed by atoms with Gasteiger partial charge in [-0.05, 0) is 49.6 Å². The summed E-state index contributed by atoms with van der Waals surface area (Å²) in [5, 5.41) is 0.362. The van der Waals surface area contributed by atoms with E-state index in [0.717, 1.165) is 12.8 Å². The Labute approximate surface area is 169 Å². The average molecular weight is 396 g/mol. The van der Waals surface area contributed by atoms with Crippen LogP contribution in [0, 0.1) is 0 Å². The molecule has 0 spiro atoms. The molecule has 0 aliphatic carbocycles. The van der Waals surface area contributed by atoms with Gasteiger partial charge in [-0.3, -0.25) is 4.79 Å². The number of aryl methyl sites for hydroxylation is 1. The van der Waals surface area contributed by atoms with Crippen LogP contribution >= 0.6 is 0 Å². The van der Waals surface area contributed by atoms with E-state index >= 15 is 0 Å². The molecular formula is C23H24O6. The Bertz CT molecular complexity index is 1040. The third-order valence-electron chi connectivity index (χ3n) is 4.37. The van der Waals surface area contributed by atoms with Crippen molar-refractivity contribution >= 4 is 16.9 Å². The van der Waals surface area contributed by atoms with Gasteiger partial charge in [0.1, 0.15) is 23.3 Å². The van der Waals surface area contributed by atoms with Gasteiger partial charge in [-0.2, -0.15) is 0 Å². The second-order valence-electron chi connectivity index (χ2n) is 6.61. The standard InChI is InChI=1S/C23H24O6/c1-4-12-26-23(25)15(3)28-18-10-11-19-20(13-18)27-14-21(22(19)24)29-17-8-6-16(5-2)7-9-17/h6-11,13-15H,4-5,12H2,1-3H3. The number of fused-ring (bicyclic) bond motifs is 1. The number of carbonyl (C=O) groups is 1. The summed E-state index contributed by atoms with van der Waals surface area (Å²) in [5.41, 5.74) is 1.24. The second kappa shape index (κ2) is 9.28. The summed E-state index contributed by atoms with van der Waals surface area (Å²) in [7, 11) is 0. The molecule has 0 aliphatic heterocycles. The third kappa shape index (κ3) is 4.96. The van der Waals surface area contributed by atoms with E-state index in [1.165, 1.54) is 11.8 Å². The largest absolute Gasteiger partial charge is 0.479 e. The van der Waals surface area contributed by atoms with Gasteiger partial charge in [0, 0.05) is 6.07 Å². The van der Waals surface area contributed by atoms with E-state index in [9.17, 15) is 9.59 Å². The molecule has 1 heterocycles. The fourth-order valence-corrected chi connectivity index (χ4v) is 2.73. The lowest BCUT2D eigenvalue weighted by Gasteiger charge is -2.14. The van der Waals surface area contributed by atoms with Gasteiger partial charge in [-0.25, -0.2) is 4.79 Å². The van der Waals surface area contributed by atoms with Gasteiger partial charge < -0.3 is 18.6 Å². The fourth-order valence-electron chi connectivity index (χ4n) is 2.73. The molecule has 0 radical (unpaired) electrons. The molecular weight excluding hydrogens is 372 g/mol. The molecule has 6 nitrogen and oxygen atoms in total. The number of hydrogen-bond acceptors (Lipinski definition) is 6. The second-order valence-corrected chi connectivity index (χ2v) is 6.61. The highest BCUT2D eigenvalue weighted by molar-refractivity contribution is 5.79. The van der Waals surface area contributed by atoms with Crippen molar-refractivity contribution in [3.05, 3.63) is 64.5 Å². The number of benzene rings is 2. The van der Waals surface area contributed by atoms with Crippen molar-refractivity contribution in [2.45, 2.75) is 39.7 Å². The van der Waals surface area contributed by atoms with Crippen LogP contribution in [0.2, 0.25) is 0 Å². The first-order valence-electron chi connectivity index (χ1n) is 9.67. The van der Waals surface area contributed by atoms with Crippen LogP contribution in [0.1, 0.15) is 32.8 Å². The van der Waals surface area contributed by atoms with Crippen molar-refractivity contribution in [1.82, 2.24) is 0 Å². The highest BCUT2D eigenvalue weighted by Crippen LogP contribution is 2.25. The van der Waals surface area contributed by atoms with Gasteiger partial charge >= 0.3 is 5.97 Å². The van der Waals surface area contributed by atoms with Crippen LogP contribution in [-0.4, -0.2) is 18.7 Å². The highest BCUT2D eigenvalue weighted by atomic mass is 16.6. The quantitative estimate of drug-likeness (QED) is 0.506. The van der Waals surface area contributed by atoms with Crippen LogP contribution < -0.4 is 14.9 Å². The molecule has 152 valence electrons. The highest BCUT2D eigenvalue weighted by Gasteiger charge is 2.17. The Balaban J connectivity index is 1.78. The zero-order chi connectivity index (χ0) is 20.8. The Hall–Kier alpha value is -3.28. The first-order chi connectivity index (χ1) is 14.0. The van der Waals surface area contributed by atoms with Crippen molar-refractivity contribution in [2.75, 3.05) is 6.61 Å². The summed E-state index contributed by atoms with van der Waals surface area (Å²) in [6.07, 6.45) is 2.19. The number of ether oxygens (including phenoxy) is 3. The minimum absolute atomic E-state index is 0.104. The number of carbonyl (C=O) groups excluding carboxylic acids is 1. The molecule has 1 aromatic heterocycles. The maximum absolute atomic E-state index is 12.7. The topological polar surface area (TPSA) is 75.0 Å². The van der Waals surface area contributed by atoms with E-state index in [-0.39, 0.29) is 11.2 Å². The van der Waals surface area contributed by atoms with Gasteiger partial charge in [0.15, 0.2) is 6.10 Å². The first-order valence-corrected chi connectivity index (χ1v) is 9.67. The Morgan fingerprint density at radius 2 is 1.79 bits per heavy atom. The predicted octanol–water partition coefficient (Wildman–Crippen LogP) is 4.87. The van der Waals surface area contributed by atoms with E-state index in [1.54, 1.807) is 25.1 Å². The zero-order valence-corrected chi connectivity index (χ0v) is 16.8. The van der Waals surface area contributed by atoms with Crippen LogP contribution in [-0.2, 0) is 16.0 Å². The number of hydrogen-bond donors (Lipinski definition) is 0. The Morgan fingerprint density at radius 1 is 1.07 bits per heavy atom. The molecule has 3 rings (SSSR count). The SMILES string of the molecule is CCCOC(=O)C(C)Oc1ccc2c(=O)c(Oc3ccc(CC)cc3)coc2c1. The fraction of sp³-hybridized carbons (Fsp3) is 0.304. The molecule has 0 N–H and O–H groups in total. The molecule has 0 saturated heterocycles. The molecule has 3 aromatic rings. The molecule has 1 unspecified atom stereocenters. The summed E-state index contributed by atoms with van der Waals surface area (Å²) < 4.78 is 21.9. The van der Waals surface area contributed by atoms with Gasteiger partial charge in [0.05, 0.1) is 12.0 Å². The van der Waals surface area contributed by atoms with Gasteiger partial charge in [0.25, 0.3) is 0 Å². The Kier molecular flexibility index (Phi) is 6.54. The lowest BCUT2D eigenvalue weighted by atomic mass is 10.2. The van der Waals surface area contributed by atoms with Crippen molar-refractivity contribution in [2.24, 2.45) is 0 Å². The lowest BCUT2D eigenvalue weighted by Crippen LogP contribution is -2.26. The number of rotatable bonds is 8. The molecule has 0 bridgehead atoms. The van der Waals surface area contributed by atoms with Crippen LogP contribution in [0.3, 0.4) is 0 Å².